The van der Waals surface area contributed by atoms with Crippen LogP contribution in [-0.4, -0.2) is 42.2 Å². The van der Waals surface area contributed by atoms with E-state index in [2.05, 4.69) is 47.9 Å². The lowest BCUT2D eigenvalue weighted by molar-refractivity contribution is 0.243. The summed E-state index contributed by atoms with van der Waals surface area (Å²) in [4.78, 5) is 24.3. The fourth-order valence-corrected chi connectivity index (χ4v) is 4.80. The summed E-state index contributed by atoms with van der Waals surface area (Å²) < 4.78 is 0. The lowest BCUT2D eigenvalue weighted by Crippen LogP contribution is -2.42. The first kappa shape index (κ1) is 22.4. The number of nitrogens with one attached hydrogen (secondary N) is 3. The summed E-state index contributed by atoms with van der Waals surface area (Å²) >= 11 is 0. The van der Waals surface area contributed by atoms with Gasteiger partial charge in [0.15, 0.2) is 0 Å². The molecule has 7 nitrogen and oxygen atoms in total. The highest BCUT2D eigenvalue weighted by Gasteiger charge is 2.25. The van der Waals surface area contributed by atoms with Crippen LogP contribution in [-0.2, 0) is 12.8 Å². The smallest absolute Gasteiger partial charge is 0.319 e. The van der Waals surface area contributed by atoms with Crippen LogP contribution in [0.3, 0.4) is 0 Å². The molecule has 2 aliphatic rings. The van der Waals surface area contributed by atoms with Crippen molar-refractivity contribution >= 4 is 23.5 Å². The van der Waals surface area contributed by atoms with Gasteiger partial charge in [-0.3, -0.25) is 0 Å². The van der Waals surface area contributed by atoms with Crippen molar-refractivity contribution in [2.75, 3.05) is 29.6 Å². The Hall–Kier alpha value is -2.83. The Kier molecular flexibility index (Phi) is 6.82. The van der Waals surface area contributed by atoms with Crippen molar-refractivity contribution in [1.29, 1.82) is 0 Å². The largest absolute Gasteiger partial charge is 0.362 e. The van der Waals surface area contributed by atoms with E-state index < -0.39 is 0 Å². The molecular weight excluding hydrogens is 400 g/mol. The molecule has 1 fully saturated rings. The van der Waals surface area contributed by atoms with Crippen LogP contribution in [0.1, 0.15) is 60.9 Å². The Labute approximate surface area is 191 Å². The molecule has 32 heavy (non-hydrogen) atoms. The van der Waals surface area contributed by atoms with E-state index in [4.69, 9.17) is 9.97 Å². The zero-order valence-electron chi connectivity index (χ0n) is 19.8. The summed E-state index contributed by atoms with van der Waals surface area (Å²) in [6.07, 6.45) is 8.42. The summed E-state index contributed by atoms with van der Waals surface area (Å²) in [6, 6.07) is 6.39. The van der Waals surface area contributed by atoms with Gasteiger partial charge in [-0.1, -0.05) is 12.1 Å². The van der Waals surface area contributed by atoms with Crippen molar-refractivity contribution < 1.29 is 4.79 Å². The Bertz CT molecular complexity index is 965. The number of carbonyl (C=O) groups excluding carboxylic acids is 1. The Morgan fingerprint density at radius 2 is 1.72 bits per heavy atom. The maximum atomic E-state index is 12.5. The second kappa shape index (κ2) is 9.76. The molecule has 1 heterocycles. The number of aryl methyl sites for hydroxylation is 2. The van der Waals surface area contributed by atoms with Crippen LogP contribution in [0.4, 0.5) is 22.2 Å². The maximum absolute atomic E-state index is 12.5. The molecule has 2 amide bonds. The minimum absolute atomic E-state index is 0.122. The van der Waals surface area contributed by atoms with Crippen LogP contribution in [0, 0.1) is 13.8 Å². The molecule has 1 saturated carbocycles. The van der Waals surface area contributed by atoms with Crippen LogP contribution in [0.2, 0.25) is 0 Å². The normalized spacial score (nSPS) is 20.2. The fourth-order valence-electron chi connectivity index (χ4n) is 4.80. The van der Waals surface area contributed by atoms with Gasteiger partial charge in [-0.25, -0.2) is 9.78 Å². The number of fused-ring (bicyclic) bond motifs is 1. The van der Waals surface area contributed by atoms with Crippen molar-refractivity contribution in [2.45, 2.75) is 77.3 Å². The van der Waals surface area contributed by atoms with E-state index in [9.17, 15) is 4.79 Å². The van der Waals surface area contributed by atoms with Crippen LogP contribution in [0.15, 0.2) is 18.2 Å². The minimum atomic E-state index is -0.122. The molecule has 7 heteroatoms. The number of hydrogen-bond donors (Lipinski definition) is 3. The standard InChI is InChI=1S/C25H36N6O/c1-16-8-7-11-21(17(16)2)29-25(32)27-19-14-12-18(13-15-19)26-24-28-22-10-6-5-9-20(22)23(30-24)31(3)4/h7-8,11,18-19H,5-6,9-10,12-15H2,1-4H3,(H,26,28,30)(H2,27,29,32)/t18-,19+. The summed E-state index contributed by atoms with van der Waals surface area (Å²) in [5.41, 5.74) is 5.68. The lowest BCUT2D eigenvalue weighted by atomic mass is 9.91. The molecule has 2 aliphatic carbocycles. The van der Waals surface area contributed by atoms with Crippen molar-refractivity contribution in [3.05, 3.63) is 40.6 Å². The number of rotatable bonds is 5. The van der Waals surface area contributed by atoms with Gasteiger partial charge in [-0.05, 0) is 82.4 Å². The van der Waals surface area contributed by atoms with Crippen LogP contribution in [0.25, 0.3) is 0 Å². The molecule has 0 saturated heterocycles. The first-order valence-electron chi connectivity index (χ1n) is 11.9. The van der Waals surface area contributed by atoms with E-state index in [0.29, 0.717) is 6.04 Å². The second-order valence-electron chi connectivity index (χ2n) is 9.44. The van der Waals surface area contributed by atoms with Gasteiger partial charge in [-0.15, -0.1) is 0 Å². The van der Waals surface area contributed by atoms with Gasteiger partial charge in [-0.2, -0.15) is 4.98 Å². The van der Waals surface area contributed by atoms with Gasteiger partial charge in [0, 0.05) is 37.4 Å². The number of nitrogens with zero attached hydrogens (tertiary/aromatic N) is 3. The summed E-state index contributed by atoms with van der Waals surface area (Å²) in [6.45, 7) is 4.09. The third kappa shape index (κ3) is 5.14. The molecule has 4 rings (SSSR count). The van der Waals surface area contributed by atoms with Crippen molar-refractivity contribution in [3.8, 4) is 0 Å². The first-order chi connectivity index (χ1) is 15.4. The zero-order chi connectivity index (χ0) is 22.7. The lowest BCUT2D eigenvalue weighted by Gasteiger charge is -2.30. The zero-order valence-corrected chi connectivity index (χ0v) is 19.8. The highest BCUT2D eigenvalue weighted by atomic mass is 16.2. The highest BCUT2D eigenvalue weighted by Crippen LogP contribution is 2.29. The molecule has 1 aromatic heterocycles. The molecule has 0 aliphatic heterocycles. The number of benzene rings is 1. The number of aromatic nitrogens is 2. The minimum Gasteiger partial charge on any atom is -0.362 e. The van der Waals surface area contributed by atoms with E-state index in [1.807, 2.05) is 19.1 Å². The molecule has 1 aromatic carbocycles. The number of carbonyl (C=O) groups is 1. The number of hydrogen-bond acceptors (Lipinski definition) is 5. The Morgan fingerprint density at radius 1 is 1.00 bits per heavy atom. The van der Waals surface area contributed by atoms with Crippen molar-refractivity contribution in [2.24, 2.45) is 0 Å². The van der Waals surface area contributed by atoms with E-state index in [1.54, 1.807) is 0 Å². The molecule has 0 radical (unpaired) electrons. The quantitative estimate of drug-likeness (QED) is 0.639. The average molecular weight is 437 g/mol. The van der Waals surface area contributed by atoms with E-state index in [0.717, 1.165) is 61.5 Å². The topological polar surface area (TPSA) is 82.2 Å². The third-order valence-corrected chi connectivity index (χ3v) is 6.83. The van der Waals surface area contributed by atoms with Gasteiger partial charge < -0.3 is 20.9 Å². The van der Waals surface area contributed by atoms with Gasteiger partial charge in [0.05, 0.1) is 5.69 Å². The van der Waals surface area contributed by atoms with Gasteiger partial charge in [0.25, 0.3) is 0 Å². The highest BCUT2D eigenvalue weighted by molar-refractivity contribution is 5.90. The molecule has 3 N–H and O–H groups in total. The van der Waals surface area contributed by atoms with Crippen LogP contribution >= 0.6 is 0 Å². The molecule has 0 spiro atoms. The monoisotopic (exact) mass is 436 g/mol. The Balaban J connectivity index is 1.31. The average Bonchev–Trinajstić information content (AvgIpc) is 2.77. The molecule has 0 atom stereocenters. The van der Waals surface area contributed by atoms with E-state index in [-0.39, 0.29) is 12.1 Å². The summed E-state index contributed by atoms with van der Waals surface area (Å²) in [7, 11) is 4.11. The molecule has 0 unspecified atom stereocenters. The number of urea groups is 1. The Morgan fingerprint density at radius 3 is 2.47 bits per heavy atom. The molecule has 172 valence electrons. The molecular formula is C25H36N6O. The maximum Gasteiger partial charge on any atom is 0.319 e. The van der Waals surface area contributed by atoms with E-state index >= 15 is 0 Å². The van der Waals surface area contributed by atoms with E-state index in [1.165, 1.54) is 29.7 Å². The SMILES string of the molecule is Cc1cccc(NC(=O)N[C@H]2CC[C@@H](Nc3nc4c(c(N(C)C)n3)CCCC4)CC2)c1C. The van der Waals surface area contributed by atoms with Crippen LogP contribution < -0.4 is 20.9 Å². The summed E-state index contributed by atoms with van der Waals surface area (Å²) in [5.74, 6) is 1.80. The van der Waals surface area contributed by atoms with Crippen molar-refractivity contribution in [3.63, 3.8) is 0 Å². The second-order valence-corrected chi connectivity index (χ2v) is 9.44. The third-order valence-electron chi connectivity index (χ3n) is 6.83. The van der Waals surface area contributed by atoms with Crippen molar-refractivity contribution in [1.82, 2.24) is 15.3 Å². The molecule has 0 bridgehead atoms. The van der Waals surface area contributed by atoms with Gasteiger partial charge in [0.1, 0.15) is 5.82 Å². The summed E-state index contributed by atoms with van der Waals surface area (Å²) in [5, 5.41) is 9.73. The van der Waals surface area contributed by atoms with Crippen LogP contribution in [0.5, 0.6) is 0 Å². The number of amides is 2. The van der Waals surface area contributed by atoms with Gasteiger partial charge in [0.2, 0.25) is 5.95 Å². The number of anilines is 3. The molecule has 2 aromatic rings. The fraction of sp³-hybridized carbons (Fsp3) is 0.560. The van der Waals surface area contributed by atoms with Gasteiger partial charge >= 0.3 is 6.03 Å². The first-order valence-corrected chi connectivity index (χ1v) is 11.9. The predicted molar refractivity (Wildman–Crippen MR) is 131 cm³/mol. The predicted octanol–water partition coefficient (Wildman–Crippen LogP) is 4.58.